The quantitative estimate of drug-likeness (QED) is 0.0889. The molecule has 10 N–H and O–H groups in total. The first-order valence-electron chi connectivity index (χ1n) is 26.9. The van der Waals surface area contributed by atoms with E-state index in [4.69, 9.17) is 10.5 Å². The van der Waals surface area contributed by atoms with E-state index in [1.807, 2.05) is 18.2 Å². The molecule has 71 heavy (non-hydrogen) atoms. The molecule has 4 saturated carbocycles. The number of aliphatic hydroxyl groups is 4. The largest absolute Gasteiger partial charge is 0.504 e. The van der Waals surface area contributed by atoms with Gasteiger partial charge in [-0.2, -0.15) is 0 Å². The van der Waals surface area contributed by atoms with E-state index >= 15 is 0 Å². The number of phenolic OH excluding ortho intramolecular Hbond substituents is 1. The summed E-state index contributed by atoms with van der Waals surface area (Å²) in [4.78, 5) is 27.6. The smallest absolute Gasteiger partial charge is 0.160 e. The van der Waals surface area contributed by atoms with Gasteiger partial charge in [0.25, 0.3) is 0 Å². The van der Waals surface area contributed by atoms with Gasteiger partial charge < -0.3 is 52.0 Å². The lowest BCUT2D eigenvalue weighted by Gasteiger charge is -2.63. The van der Waals surface area contributed by atoms with Crippen molar-refractivity contribution in [1.29, 1.82) is 0 Å². The predicted octanol–water partition coefficient (Wildman–Crippen LogP) is 6.13. The topological polar surface area (TPSA) is 207 Å². The molecule has 2 aliphatic heterocycles. The van der Waals surface area contributed by atoms with Gasteiger partial charge in [0.1, 0.15) is 11.2 Å². The molecule has 12 nitrogen and oxygen atoms in total. The van der Waals surface area contributed by atoms with E-state index in [1.54, 1.807) is 12.1 Å². The second-order valence-electron chi connectivity index (χ2n) is 22.5. The van der Waals surface area contributed by atoms with Crippen LogP contribution in [0.25, 0.3) is 10.8 Å². The number of dihydropyridines is 1. The number of nitrogens with one attached hydrogen (secondary N) is 3. The molecule has 5 aliphatic carbocycles. The highest BCUT2D eigenvalue weighted by Crippen LogP contribution is 2.60. The first-order chi connectivity index (χ1) is 34.3. The van der Waals surface area contributed by atoms with Gasteiger partial charge in [-0.05, 0) is 182 Å². The molecule has 0 unspecified atom stereocenters. The zero-order valence-electron chi connectivity index (χ0n) is 41.8. The van der Waals surface area contributed by atoms with Gasteiger partial charge in [-0.3, -0.25) is 9.59 Å². The summed E-state index contributed by atoms with van der Waals surface area (Å²) in [6.45, 7) is 7.25. The van der Waals surface area contributed by atoms with Crippen LogP contribution >= 0.6 is 0 Å². The van der Waals surface area contributed by atoms with Gasteiger partial charge in [-0.15, -0.1) is 0 Å². The molecule has 16 atom stereocenters. The van der Waals surface area contributed by atoms with Gasteiger partial charge in [0.05, 0.1) is 37.3 Å². The number of fused-ring (bicyclic) bond motifs is 2. The van der Waals surface area contributed by atoms with E-state index in [1.165, 1.54) is 12.7 Å². The number of allylic oxidation sites excluding steroid dienone is 2. The second-order valence-corrected chi connectivity index (χ2v) is 22.5. The minimum absolute atomic E-state index is 0.0188. The number of hydrogen-bond acceptors (Lipinski definition) is 12. The highest BCUT2D eigenvalue weighted by molar-refractivity contribution is 5.89. The Bertz CT molecular complexity index is 2620. The molecule has 10 rings (SSSR count). The Hall–Kier alpha value is -4.74. The van der Waals surface area contributed by atoms with Crippen LogP contribution in [0.3, 0.4) is 0 Å². The van der Waals surface area contributed by atoms with Gasteiger partial charge in [-0.1, -0.05) is 68.2 Å². The minimum atomic E-state index is -1.34. The molecule has 7 aliphatic rings. The Morgan fingerprint density at radius 1 is 0.930 bits per heavy atom. The van der Waals surface area contributed by atoms with Gasteiger partial charge in [0.15, 0.2) is 17.3 Å². The van der Waals surface area contributed by atoms with Crippen molar-refractivity contribution in [2.45, 2.75) is 133 Å². The Labute approximate surface area is 419 Å². The number of carbonyl (C=O) groups is 2. The molecule has 2 heterocycles. The molecular weight excluding hydrogens is 893 g/mol. The summed E-state index contributed by atoms with van der Waals surface area (Å²) >= 11 is 0. The number of phenols is 1. The van der Waals surface area contributed by atoms with Crippen molar-refractivity contribution in [2.24, 2.45) is 58.5 Å². The number of carbonyl (C=O) groups excluding carboxylic acids is 2. The molecule has 1 spiro atoms. The number of aromatic hydroxyl groups is 1. The van der Waals surface area contributed by atoms with Crippen molar-refractivity contribution in [1.82, 2.24) is 16.0 Å². The number of ether oxygens (including phenoxy) is 1. The van der Waals surface area contributed by atoms with Gasteiger partial charge >= 0.3 is 0 Å². The summed E-state index contributed by atoms with van der Waals surface area (Å²) in [7, 11) is 1.49. The first-order valence-corrected chi connectivity index (χ1v) is 26.9. The summed E-state index contributed by atoms with van der Waals surface area (Å²) in [5, 5.41) is 73.1. The first kappa shape index (κ1) is 49.8. The Morgan fingerprint density at radius 2 is 1.75 bits per heavy atom. The minimum Gasteiger partial charge on any atom is -0.504 e. The summed E-state index contributed by atoms with van der Waals surface area (Å²) in [5.74, 6) is 8.76. The van der Waals surface area contributed by atoms with Crippen molar-refractivity contribution in [2.75, 3.05) is 33.3 Å². The number of Topliss-reactive ketones (excluding diaryl/α,β-unsaturated/α-hetero) is 2. The van der Waals surface area contributed by atoms with Crippen LogP contribution in [0.5, 0.6) is 11.5 Å². The molecule has 3 aromatic carbocycles. The fraction of sp³-hybridized carbons (Fsp3) is 0.593. The van der Waals surface area contributed by atoms with E-state index in [0.717, 1.165) is 59.9 Å². The number of nitrogens with two attached hydrogens (primary N) is 1. The average molecular weight is 969 g/mol. The number of aryl methyl sites for hydroxylation is 1. The maximum Gasteiger partial charge on any atom is 0.160 e. The van der Waals surface area contributed by atoms with E-state index < -0.39 is 35.7 Å². The number of methoxy groups -OCH3 is 1. The third-order valence-corrected chi connectivity index (χ3v) is 18.9. The fourth-order valence-electron chi connectivity index (χ4n) is 15.4. The van der Waals surface area contributed by atoms with Crippen LogP contribution in [-0.2, 0) is 16.0 Å². The molecular formula is C59H76N4O8. The maximum absolute atomic E-state index is 14.8. The van der Waals surface area contributed by atoms with Crippen molar-refractivity contribution in [3.63, 3.8) is 0 Å². The standard InChI is InChI=1S/C59H76N4O8/c1-4-32-29-63-55(60)28-45(32)44(35-11-10-33-8-6-7-9-34(33)18-35)27-49(66)48(65)21-37-14-16-59(53(69)13-12-36-23-52(71-3)50(67)26-42(36)37)17-15-38(24-54(59)70)43-20-40-30-62-47-25-41(64)19-39-22-51(68)58(57(40)56(39)47)46(43)31-61-5-2/h6-11,18,23,26,28,37-40,43-44,46-49,51,54,56-58,61-63,65-68,70H,4-5,12-13,15,17,19-22,24-25,27,29-31,60H2,1-3H3/t37-,38-,39+,40-,43+,44-,46+,47-,48+,49-,51-,54-,56+,57+,58+,59+/m1/s1. The Kier molecular flexibility index (Phi) is 14.5. The van der Waals surface area contributed by atoms with Crippen molar-refractivity contribution < 1.29 is 39.9 Å². The monoisotopic (exact) mass is 969 g/mol. The molecule has 380 valence electrons. The lowest BCUT2D eigenvalue weighted by Crippen LogP contribution is -2.66. The molecule has 12 heteroatoms. The second kappa shape index (κ2) is 20.6. The highest BCUT2D eigenvalue weighted by atomic mass is 16.5. The van der Waals surface area contributed by atoms with Gasteiger partial charge in [-0.25, -0.2) is 0 Å². The number of ketones is 2. The van der Waals surface area contributed by atoms with Crippen molar-refractivity contribution >= 4 is 22.3 Å². The highest BCUT2D eigenvalue weighted by Gasteiger charge is 2.61. The average Bonchev–Trinajstić information content (AvgIpc) is 3.41. The Morgan fingerprint density at radius 3 is 2.52 bits per heavy atom. The zero-order chi connectivity index (χ0) is 49.7. The zero-order valence-corrected chi connectivity index (χ0v) is 41.8. The fourth-order valence-corrected chi connectivity index (χ4v) is 15.4. The third-order valence-electron chi connectivity index (χ3n) is 18.9. The number of piperidine rings is 1. The van der Waals surface area contributed by atoms with E-state index in [9.17, 15) is 35.1 Å². The van der Waals surface area contributed by atoms with Crippen LogP contribution in [0.1, 0.15) is 113 Å². The molecule has 5 fully saturated rings. The maximum atomic E-state index is 14.8. The van der Waals surface area contributed by atoms with Gasteiger partial charge in [0, 0.05) is 43.7 Å². The van der Waals surface area contributed by atoms with Crippen LogP contribution in [0.4, 0.5) is 0 Å². The summed E-state index contributed by atoms with van der Waals surface area (Å²) in [6.07, 6.45) is 3.76. The van der Waals surface area contributed by atoms with Crippen molar-refractivity contribution in [3.8, 4) is 23.3 Å². The summed E-state index contributed by atoms with van der Waals surface area (Å²) < 4.78 is 5.55. The van der Waals surface area contributed by atoms with Crippen LogP contribution in [0.2, 0.25) is 0 Å². The Balaban J connectivity index is 0.938. The van der Waals surface area contributed by atoms with Crippen LogP contribution in [0.15, 0.2) is 77.6 Å². The van der Waals surface area contributed by atoms with Crippen LogP contribution in [-0.4, -0.2) is 101 Å². The summed E-state index contributed by atoms with van der Waals surface area (Å²) in [6, 6.07) is 18.1. The van der Waals surface area contributed by atoms with E-state index in [-0.39, 0.29) is 78.1 Å². The SMILES string of the molecule is CCNC[C@H]1[C@H]([C@@H]2CC[C@]3(C#C[C@H](C[C@H](O)[C@H](O)C[C@@H](C4=C(CC)CNC(N)=C4)c4ccc5ccccc5c4)c4cc(O)c(OC)cc4CCC3=O)[C@H](O)C2)C[C@@H]2CN[C@@H]3CC(=O)C[C@H]4C[C@@H](O)[C@H]1[C@@H]2[C@@H]43. The summed E-state index contributed by atoms with van der Waals surface area (Å²) in [5.41, 5.74) is 9.68. The lowest BCUT2D eigenvalue weighted by molar-refractivity contribution is -0.166. The number of hydrogen-bond donors (Lipinski definition) is 9. The molecule has 0 bridgehead atoms. The number of aliphatic hydroxyl groups excluding tert-OH is 4. The number of benzene rings is 3. The molecule has 3 aromatic rings. The molecule has 0 aromatic heterocycles. The van der Waals surface area contributed by atoms with E-state index in [2.05, 4.69) is 72.0 Å². The van der Waals surface area contributed by atoms with E-state index in [0.29, 0.717) is 86.4 Å². The van der Waals surface area contributed by atoms with Crippen LogP contribution in [0, 0.1) is 64.6 Å². The normalized spacial score (nSPS) is 34.8. The number of rotatable bonds is 13. The molecule has 0 amide bonds. The third kappa shape index (κ3) is 9.45. The predicted molar refractivity (Wildman–Crippen MR) is 274 cm³/mol. The van der Waals surface area contributed by atoms with Gasteiger partial charge in [0.2, 0.25) is 0 Å². The molecule has 0 radical (unpaired) electrons. The van der Waals surface area contributed by atoms with Crippen LogP contribution < -0.4 is 26.4 Å². The molecule has 1 saturated heterocycles. The van der Waals surface area contributed by atoms with Crippen molar-refractivity contribution in [3.05, 3.63) is 94.3 Å². The lowest BCUT2D eigenvalue weighted by atomic mass is 9.45.